The Bertz CT molecular complexity index is 6940. The Balaban J connectivity index is 0.000000119. The number of halogens is 8. The van der Waals surface area contributed by atoms with Gasteiger partial charge in [-0.2, -0.15) is 0 Å². The van der Waals surface area contributed by atoms with Crippen LogP contribution in [0.15, 0.2) is 216 Å². The number of fused-ring (bicyclic) bond motifs is 12. The molecule has 16 aromatic rings. The summed E-state index contributed by atoms with van der Waals surface area (Å²) in [6.45, 7) is 0. The molecule has 20 nitrogen and oxygen atoms in total. The standard InChI is InChI=1S/C24H14F5N3O2S.C24H17F2N3O2S.C24H18IN3O2S.C23H17N3O2S/c25-17-13(18(26)20(28)21(29)19(17)27)9-16(34)31-24-23(15-2-1-7-35-15)32-22-12-5-4-11(33)8-10(12)3-6-14(22)30-24;25-17-7-3-13(10-18(17)26)11-21(31)28-24-23(20-2-1-9-32-20)29-22-16-6-5-15(30)12-14(16)4-8-19(22)27-24;25-16-6-3-14(4-7-16)12-21(30)27-24-23(20-2-1-11-31-20)28-22-18-9-8-17(29)13-15(18)5-10-19(22)26-24;27-16-9-10-17-15(13-16)8-11-18-20(17)25-21(19-7-4-12-29-19)22(24-18)26-23(28)14-5-2-1-3-6-14/h1-2,4-5,7-8,33H,3,6,9H2,(H,30,31,34);1-3,5-7,9-10,12,30H,4,8,11H2,(H,27,28,31);1-4,6-9,11,13,29H,5,10,12H2,(H,26,27,30);1-7,9-10,12-13,27H,8,11H2,(H,24,26,28). The van der Waals surface area contributed by atoms with Gasteiger partial charge in [-0.05, 0) is 262 Å². The van der Waals surface area contributed by atoms with E-state index in [9.17, 15) is 70.3 Å². The Hall–Kier alpha value is -13.8. The normalized spacial score (nSPS) is 12.2. The van der Waals surface area contributed by atoms with E-state index in [0.717, 1.165) is 127 Å². The Morgan fingerprint density at radius 3 is 0.976 bits per heavy atom. The number of aromatic hydroxyl groups is 4. The zero-order chi connectivity index (χ0) is 88.3. The summed E-state index contributed by atoms with van der Waals surface area (Å²) < 4.78 is 96.3. The maximum atomic E-state index is 14.1. The van der Waals surface area contributed by atoms with E-state index in [1.807, 2.05) is 113 Å². The molecule has 8 heterocycles. The van der Waals surface area contributed by atoms with Crippen LogP contribution in [0.4, 0.5) is 54.0 Å². The summed E-state index contributed by atoms with van der Waals surface area (Å²) in [5.74, 6) is -12.2. The van der Waals surface area contributed by atoms with Crippen molar-refractivity contribution in [2.24, 2.45) is 0 Å². The Kier molecular flexibility index (Phi) is 25.0. The van der Waals surface area contributed by atoms with Gasteiger partial charge in [0.1, 0.15) is 45.8 Å². The lowest BCUT2D eigenvalue weighted by Gasteiger charge is -2.21. The maximum absolute atomic E-state index is 14.1. The predicted octanol–water partition coefficient (Wildman–Crippen LogP) is 21.1. The van der Waals surface area contributed by atoms with Crippen LogP contribution in [0.25, 0.3) is 87.3 Å². The summed E-state index contributed by atoms with van der Waals surface area (Å²) in [6, 6.07) is 56.3. The van der Waals surface area contributed by atoms with Gasteiger partial charge in [-0.3, -0.25) is 19.2 Å². The van der Waals surface area contributed by atoms with E-state index < -0.39 is 64.5 Å². The number of phenols is 4. The average molecular weight is 1890 g/mol. The van der Waals surface area contributed by atoms with Crippen LogP contribution in [-0.2, 0) is 85.0 Å². The number of amides is 4. The predicted molar refractivity (Wildman–Crippen MR) is 483 cm³/mol. The maximum Gasteiger partial charge on any atom is 0.256 e. The molecular formula is C95H66F7IN12O8S4. The molecule has 8 N–H and O–H groups in total. The number of hydrogen-bond donors (Lipinski definition) is 8. The van der Waals surface area contributed by atoms with Gasteiger partial charge in [0.05, 0.1) is 84.3 Å². The minimum atomic E-state index is -2.29. The lowest BCUT2D eigenvalue weighted by Crippen LogP contribution is -2.21. The first kappa shape index (κ1) is 85.4. The van der Waals surface area contributed by atoms with Crippen molar-refractivity contribution in [3.8, 4) is 110 Å². The highest BCUT2D eigenvalue weighted by atomic mass is 127. The SMILES string of the molecule is O=C(Cc1c(F)c(F)c(F)c(F)c1F)Nc1nc2c(nc1-c1cccs1)-c1ccc(O)cc1CC2.O=C(Cc1ccc(F)c(F)c1)Nc1nc2c(nc1-c1cccs1)-c1ccc(O)cc1CC2.O=C(Cc1ccc(I)cc1)Nc1nc2c(nc1-c1cccs1)-c1ccc(O)cc1CC2.O=C(Nc1nc2c(nc1-c1cccs1)-c1ccc(O)cc1CC2)c1ccccc1. The summed E-state index contributed by atoms with van der Waals surface area (Å²) in [5.41, 5.74) is 16.4. The van der Waals surface area contributed by atoms with Gasteiger partial charge in [-0.1, -0.05) is 60.7 Å². The smallest absolute Gasteiger partial charge is 0.256 e. The molecule has 0 saturated heterocycles. The summed E-state index contributed by atoms with van der Waals surface area (Å²) in [6.07, 6.45) is 4.35. The van der Waals surface area contributed by atoms with Crippen LogP contribution in [0.3, 0.4) is 0 Å². The van der Waals surface area contributed by atoms with Crippen LogP contribution < -0.4 is 21.3 Å². The van der Waals surface area contributed by atoms with E-state index in [2.05, 4.69) is 48.8 Å². The van der Waals surface area contributed by atoms with E-state index in [0.29, 0.717) is 100 Å². The van der Waals surface area contributed by atoms with Crippen LogP contribution in [0, 0.1) is 44.3 Å². The summed E-state index contributed by atoms with van der Waals surface area (Å²) in [7, 11) is 0. The molecule has 0 aliphatic heterocycles. The Morgan fingerprint density at radius 2 is 0.638 bits per heavy atom. The number of phenolic OH excluding ortho intramolecular Hbond substituents is 4. The number of anilines is 4. The quantitative estimate of drug-likeness (QED) is 0.0205. The van der Waals surface area contributed by atoms with Crippen LogP contribution in [0.1, 0.15) is 72.1 Å². The third-order valence-corrected chi connectivity index (χ3v) is 25.3. The van der Waals surface area contributed by atoms with Crippen molar-refractivity contribution in [3.05, 3.63) is 327 Å². The lowest BCUT2D eigenvalue weighted by atomic mass is 9.91. The molecule has 0 fully saturated rings. The molecule has 4 aliphatic rings. The second-order valence-electron chi connectivity index (χ2n) is 29.6. The topological polar surface area (TPSA) is 300 Å². The summed E-state index contributed by atoms with van der Waals surface area (Å²) >= 11 is 8.15. The monoisotopic (exact) mass is 1890 g/mol. The van der Waals surface area contributed by atoms with Gasteiger partial charge in [0.15, 0.2) is 58.2 Å². The largest absolute Gasteiger partial charge is 0.508 e. The number of rotatable bonds is 15. The molecule has 8 aromatic heterocycles. The van der Waals surface area contributed by atoms with Gasteiger partial charge in [0, 0.05) is 37.0 Å². The van der Waals surface area contributed by atoms with Gasteiger partial charge in [-0.15, -0.1) is 45.3 Å². The number of hydrogen-bond acceptors (Lipinski definition) is 20. The second-order valence-corrected chi connectivity index (χ2v) is 34.6. The number of carbonyl (C=O) groups is 4. The first-order valence-corrected chi connectivity index (χ1v) is 44.1. The molecule has 0 unspecified atom stereocenters. The number of nitrogens with one attached hydrogen (secondary N) is 4. The first-order chi connectivity index (χ1) is 61.5. The number of nitrogens with zero attached hydrogens (tertiary/aromatic N) is 8. The van der Waals surface area contributed by atoms with Crippen LogP contribution >= 0.6 is 67.9 Å². The molecular weight excluding hydrogens is 1830 g/mol. The van der Waals surface area contributed by atoms with Crippen LogP contribution in [-0.4, -0.2) is 83.9 Å². The van der Waals surface area contributed by atoms with Gasteiger partial charge in [-0.25, -0.2) is 70.6 Å². The molecule has 0 bridgehead atoms. The highest BCUT2D eigenvalue weighted by Gasteiger charge is 2.32. The fourth-order valence-electron chi connectivity index (χ4n) is 15.1. The van der Waals surface area contributed by atoms with E-state index in [-0.39, 0.29) is 59.2 Å². The summed E-state index contributed by atoms with van der Waals surface area (Å²) in [4.78, 5) is 92.5. The van der Waals surface area contributed by atoms with Crippen molar-refractivity contribution < 1.29 is 70.3 Å². The Morgan fingerprint density at radius 1 is 0.315 bits per heavy atom. The van der Waals surface area contributed by atoms with E-state index in [1.54, 1.807) is 101 Å². The number of thiophene rings is 4. The average Bonchev–Trinajstić information content (AvgIpc) is 1.54. The van der Waals surface area contributed by atoms with Crippen molar-refractivity contribution in [3.63, 3.8) is 0 Å². The van der Waals surface area contributed by atoms with Crippen molar-refractivity contribution in [2.75, 3.05) is 21.3 Å². The molecule has 4 aliphatic carbocycles. The first-order valence-electron chi connectivity index (χ1n) is 39.5. The van der Waals surface area contributed by atoms with E-state index in [4.69, 9.17) is 34.9 Å². The van der Waals surface area contributed by atoms with Gasteiger partial charge >= 0.3 is 0 Å². The molecule has 8 aromatic carbocycles. The zero-order valence-corrected chi connectivity index (χ0v) is 71.6. The highest BCUT2D eigenvalue weighted by Crippen LogP contribution is 2.44. The number of aromatic nitrogens is 8. The molecule has 127 heavy (non-hydrogen) atoms. The van der Waals surface area contributed by atoms with Gasteiger partial charge in [0.2, 0.25) is 23.5 Å². The fourth-order valence-corrected chi connectivity index (χ4v) is 18.3. The van der Waals surface area contributed by atoms with Crippen LogP contribution in [0.5, 0.6) is 23.0 Å². The van der Waals surface area contributed by atoms with Crippen LogP contribution in [0.2, 0.25) is 0 Å². The molecule has 0 atom stereocenters. The van der Waals surface area contributed by atoms with Crippen molar-refractivity contribution in [2.45, 2.75) is 70.6 Å². The fraction of sp³-hybridized carbons (Fsp3) is 0.116. The van der Waals surface area contributed by atoms with E-state index in [1.165, 1.54) is 34.8 Å². The number of benzene rings is 8. The molecule has 4 amide bonds. The Labute approximate surface area is 749 Å². The minimum absolute atomic E-state index is 0.00213. The second kappa shape index (κ2) is 37.2. The molecule has 32 heteroatoms. The molecule has 634 valence electrons. The number of aryl methyl sites for hydroxylation is 8. The summed E-state index contributed by atoms with van der Waals surface area (Å²) in [5, 5.41) is 58.1. The zero-order valence-electron chi connectivity index (χ0n) is 66.2. The molecule has 0 spiro atoms. The molecule has 20 rings (SSSR count). The van der Waals surface area contributed by atoms with E-state index >= 15 is 0 Å². The molecule has 0 radical (unpaired) electrons. The minimum Gasteiger partial charge on any atom is -0.508 e. The van der Waals surface area contributed by atoms with Crippen molar-refractivity contribution in [1.82, 2.24) is 39.9 Å². The third kappa shape index (κ3) is 18.8. The number of carbonyl (C=O) groups excluding carboxylic acids is 4. The van der Waals surface area contributed by atoms with Gasteiger partial charge < -0.3 is 41.7 Å². The van der Waals surface area contributed by atoms with Gasteiger partial charge in [0.25, 0.3) is 5.91 Å². The highest BCUT2D eigenvalue weighted by molar-refractivity contribution is 14.1. The lowest BCUT2D eigenvalue weighted by molar-refractivity contribution is -0.116. The third-order valence-electron chi connectivity index (χ3n) is 21.1. The van der Waals surface area contributed by atoms with Crippen molar-refractivity contribution in [1.29, 1.82) is 0 Å². The van der Waals surface area contributed by atoms with Crippen molar-refractivity contribution >= 4 is 115 Å². The molecule has 0 saturated carbocycles.